The molecule has 1 aliphatic rings. The second kappa shape index (κ2) is 4.92. The smallest absolute Gasteiger partial charge is 0.117 e. The first-order valence-corrected chi connectivity index (χ1v) is 6.25. The van der Waals surface area contributed by atoms with Crippen LogP contribution in [0.4, 0.5) is 0 Å². The van der Waals surface area contributed by atoms with E-state index in [9.17, 15) is 5.11 Å². The summed E-state index contributed by atoms with van der Waals surface area (Å²) in [6, 6.07) is 9.27. The van der Waals surface area contributed by atoms with Crippen molar-refractivity contribution in [2.45, 2.75) is 12.5 Å². The number of nitrogens with one attached hydrogen (secondary N) is 1. The maximum Gasteiger partial charge on any atom is 0.117 e. The zero-order chi connectivity index (χ0) is 12.4. The van der Waals surface area contributed by atoms with Gasteiger partial charge in [-0.15, -0.1) is 0 Å². The van der Waals surface area contributed by atoms with Crippen LogP contribution in [0.3, 0.4) is 0 Å². The van der Waals surface area contributed by atoms with Gasteiger partial charge in [0.25, 0.3) is 0 Å². The van der Waals surface area contributed by atoms with Crippen LogP contribution < -0.4 is 5.32 Å². The predicted octanol–water partition coefficient (Wildman–Crippen LogP) is 1.99. The van der Waals surface area contributed by atoms with Crippen molar-refractivity contribution < 1.29 is 9.84 Å². The lowest BCUT2D eigenvalue weighted by molar-refractivity contribution is 0.0616. The first-order chi connectivity index (χ1) is 8.83. The van der Waals surface area contributed by atoms with Gasteiger partial charge in [-0.1, -0.05) is 6.07 Å². The molecule has 1 aromatic carbocycles. The second-order valence-electron chi connectivity index (χ2n) is 4.51. The number of aromatic hydroxyl groups is 1. The van der Waals surface area contributed by atoms with Gasteiger partial charge < -0.3 is 15.2 Å². The Morgan fingerprint density at radius 3 is 3.06 bits per heavy atom. The Labute approximate surface area is 106 Å². The van der Waals surface area contributed by atoms with Crippen LogP contribution >= 0.6 is 0 Å². The molecule has 0 bridgehead atoms. The molecule has 0 radical (unpaired) electrons. The Balaban J connectivity index is 1.96. The third-order valence-electron chi connectivity index (χ3n) is 3.21. The van der Waals surface area contributed by atoms with E-state index in [0.717, 1.165) is 36.1 Å². The molecule has 3 rings (SSSR count). The van der Waals surface area contributed by atoms with Crippen LogP contribution in [-0.4, -0.2) is 29.8 Å². The van der Waals surface area contributed by atoms with Crippen LogP contribution in [0.1, 0.15) is 18.2 Å². The second-order valence-corrected chi connectivity index (χ2v) is 4.51. The summed E-state index contributed by atoms with van der Waals surface area (Å²) in [5, 5.41) is 13.8. The Hall–Kier alpha value is -1.65. The van der Waals surface area contributed by atoms with Gasteiger partial charge in [-0.2, -0.15) is 0 Å². The Morgan fingerprint density at radius 2 is 2.11 bits per heavy atom. The van der Waals surface area contributed by atoms with Crippen molar-refractivity contribution >= 4 is 10.9 Å². The van der Waals surface area contributed by atoms with Crippen molar-refractivity contribution in [3.63, 3.8) is 0 Å². The van der Waals surface area contributed by atoms with Crippen LogP contribution in [0.5, 0.6) is 5.75 Å². The minimum atomic E-state index is 0.0479. The summed E-state index contributed by atoms with van der Waals surface area (Å²) in [5.41, 5.74) is 1.75. The normalized spacial score (nSPS) is 20.8. The van der Waals surface area contributed by atoms with E-state index in [4.69, 9.17) is 4.74 Å². The summed E-state index contributed by atoms with van der Waals surface area (Å²) in [6.45, 7) is 2.56. The summed E-state index contributed by atoms with van der Waals surface area (Å²) >= 11 is 0. The van der Waals surface area contributed by atoms with Crippen molar-refractivity contribution in [2.24, 2.45) is 0 Å². The molecule has 1 fully saturated rings. The number of benzene rings is 1. The molecule has 0 saturated carbocycles. The number of fused-ring (bicyclic) bond motifs is 1. The zero-order valence-electron chi connectivity index (χ0n) is 10.1. The third-order valence-corrected chi connectivity index (χ3v) is 3.21. The van der Waals surface area contributed by atoms with Gasteiger partial charge >= 0.3 is 0 Å². The van der Waals surface area contributed by atoms with E-state index in [0.29, 0.717) is 6.61 Å². The molecule has 2 N–H and O–H groups in total. The van der Waals surface area contributed by atoms with Crippen LogP contribution in [0.25, 0.3) is 10.9 Å². The van der Waals surface area contributed by atoms with Gasteiger partial charge in [0.1, 0.15) is 11.9 Å². The fraction of sp³-hybridized carbons (Fsp3) is 0.357. The van der Waals surface area contributed by atoms with Gasteiger partial charge in [0.15, 0.2) is 0 Å². The van der Waals surface area contributed by atoms with Crippen LogP contribution in [-0.2, 0) is 4.74 Å². The largest absolute Gasteiger partial charge is 0.508 e. The average molecular weight is 244 g/mol. The fourth-order valence-corrected chi connectivity index (χ4v) is 2.25. The Kier molecular flexibility index (Phi) is 3.13. The molecular weight excluding hydrogens is 228 g/mol. The third kappa shape index (κ3) is 2.30. The van der Waals surface area contributed by atoms with E-state index in [-0.39, 0.29) is 11.9 Å². The maximum atomic E-state index is 9.50. The highest BCUT2D eigenvalue weighted by atomic mass is 16.5. The molecular formula is C14H16N2O2. The van der Waals surface area contributed by atoms with Gasteiger partial charge in [0, 0.05) is 18.0 Å². The van der Waals surface area contributed by atoms with E-state index < -0.39 is 0 Å². The molecule has 94 valence electrons. The molecule has 1 aliphatic heterocycles. The lowest BCUT2D eigenvalue weighted by Crippen LogP contribution is -2.16. The highest BCUT2D eigenvalue weighted by molar-refractivity contribution is 5.80. The molecule has 2 heterocycles. The zero-order valence-corrected chi connectivity index (χ0v) is 10.1. The van der Waals surface area contributed by atoms with Crippen molar-refractivity contribution in [3.05, 3.63) is 36.0 Å². The topological polar surface area (TPSA) is 54.4 Å². The molecule has 0 spiro atoms. The number of ether oxygens (including phenoxy) is 1. The van der Waals surface area contributed by atoms with Gasteiger partial charge in [-0.05, 0) is 31.2 Å². The SMILES string of the molecule is Oc1ccc2ccc(C3CCNCCO3)nc2c1. The summed E-state index contributed by atoms with van der Waals surface area (Å²) < 4.78 is 5.78. The number of hydrogen-bond acceptors (Lipinski definition) is 4. The summed E-state index contributed by atoms with van der Waals surface area (Å²) in [7, 11) is 0. The number of phenols is 1. The highest BCUT2D eigenvalue weighted by Gasteiger charge is 2.16. The minimum Gasteiger partial charge on any atom is -0.508 e. The number of phenolic OH excluding ortho intramolecular Hbond substituents is 1. The molecule has 0 amide bonds. The molecule has 1 unspecified atom stereocenters. The number of pyridine rings is 1. The van der Waals surface area contributed by atoms with E-state index in [1.807, 2.05) is 18.2 Å². The van der Waals surface area contributed by atoms with Crippen LogP contribution in [0, 0.1) is 0 Å². The van der Waals surface area contributed by atoms with E-state index in [1.165, 1.54) is 0 Å². The summed E-state index contributed by atoms with van der Waals surface area (Å²) in [5.74, 6) is 0.246. The predicted molar refractivity (Wildman–Crippen MR) is 69.6 cm³/mol. The quantitative estimate of drug-likeness (QED) is 0.805. The van der Waals surface area contributed by atoms with E-state index >= 15 is 0 Å². The lowest BCUT2D eigenvalue weighted by atomic mass is 10.1. The molecule has 1 atom stereocenters. The summed E-state index contributed by atoms with van der Waals surface area (Å²) in [6.07, 6.45) is 0.976. The molecule has 0 aliphatic carbocycles. The monoisotopic (exact) mass is 244 g/mol. The van der Waals surface area contributed by atoms with Gasteiger partial charge in [0.05, 0.1) is 17.8 Å². The van der Waals surface area contributed by atoms with Crippen molar-refractivity contribution in [3.8, 4) is 5.75 Å². The summed E-state index contributed by atoms with van der Waals surface area (Å²) in [4.78, 5) is 4.59. The Bertz CT molecular complexity index is 548. The number of nitrogens with zero attached hydrogens (tertiary/aromatic N) is 1. The number of rotatable bonds is 1. The van der Waals surface area contributed by atoms with Gasteiger partial charge in [0.2, 0.25) is 0 Å². The van der Waals surface area contributed by atoms with Crippen LogP contribution in [0.2, 0.25) is 0 Å². The maximum absolute atomic E-state index is 9.50. The minimum absolute atomic E-state index is 0.0479. The highest BCUT2D eigenvalue weighted by Crippen LogP contribution is 2.24. The molecule has 18 heavy (non-hydrogen) atoms. The molecule has 1 aromatic heterocycles. The molecule has 1 saturated heterocycles. The number of aromatic nitrogens is 1. The van der Waals surface area contributed by atoms with Crippen molar-refractivity contribution in [2.75, 3.05) is 19.7 Å². The Morgan fingerprint density at radius 1 is 1.22 bits per heavy atom. The first-order valence-electron chi connectivity index (χ1n) is 6.25. The van der Waals surface area contributed by atoms with Crippen LogP contribution in [0.15, 0.2) is 30.3 Å². The molecule has 4 heteroatoms. The fourth-order valence-electron chi connectivity index (χ4n) is 2.25. The lowest BCUT2D eigenvalue weighted by Gasteiger charge is -2.14. The van der Waals surface area contributed by atoms with Crippen molar-refractivity contribution in [1.82, 2.24) is 10.3 Å². The van der Waals surface area contributed by atoms with E-state index in [1.54, 1.807) is 12.1 Å². The average Bonchev–Trinajstić information content (AvgIpc) is 2.66. The van der Waals surface area contributed by atoms with E-state index in [2.05, 4.69) is 10.3 Å². The van der Waals surface area contributed by atoms with Gasteiger partial charge in [-0.3, -0.25) is 0 Å². The molecule has 2 aromatic rings. The first kappa shape index (κ1) is 11.4. The number of hydrogen-bond donors (Lipinski definition) is 2. The van der Waals surface area contributed by atoms with Crippen molar-refractivity contribution in [1.29, 1.82) is 0 Å². The molecule has 4 nitrogen and oxygen atoms in total. The van der Waals surface area contributed by atoms with Gasteiger partial charge in [-0.25, -0.2) is 4.98 Å². The standard InChI is InChI=1S/C14H16N2O2/c17-11-3-1-10-2-4-12(16-13(10)9-11)14-5-6-15-7-8-18-14/h1-4,9,14-15,17H,5-8H2.